The zero-order chi connectivity index (χ0) is 21.3. The summed E-state index contributed by atoms with van der Waals surface area (Å²) in [6.07, 6.45) is 2.54. The molecular weight excluding hydrogens is 378 g/mol. The lowest BCUT2D eigenvalue weighted by molar-refractivity contribution is -0.141. The Bertz CT molecular complexity index is 941. The van der Waals surface area contributed by atoms with Crippen LogP contribution in [0.4, 0.5) is 10.5 Å². The number of amides is 2. The molecule has 1 fully saturated rings. The fourth-order valence-electron chi connectivity index (χ4n) is 4.36. The average Bonchev–Trinajstić information content (AvgIpc) is 3.02. The lowest BCUT2D eigenvalue weighted by Gasteiger charge is -2.25. The molecular formula is C24H29N3O3. The Morgan fingerprint density at radius 1 is 1.13 bits per heavy atom. The molecule has 1 saturated heterocycles. The number of nitrogens with zero attached hydrogens (tertiary/aromatic N) is 2. The SMILES string of the molecule is CC(Cc1ccc(C2CNC(=O)N2c2ccc3c(c2)CCN(C)CC3)cc1)C(=O)O. The standard InChI is InChI=1S/C24H29N3O3/c1-16(23(28)29)13-17-3-5-19(6-4-17)22-15-25-24(30)27(22)21-8-7-18-9-11-26(2)12-10-20(18)14-21/h3-8,14,16,22H,9-13,15H2,1-2H3,(H,25,30)(H,28,29). The van der Waals surface area contributed by atoms with Crippen molar-refractivity contribution in [2.45, 2.75) is 32.2 Å². The van der Waals surface area contributed by atoms with E-state index in [1.165, 1.54) is 11.1 Å². The zero-order valence-electron chi connectivity index (χ0n) is 17.6. The number of likely N-dealkylation sites (N-methyl/N-ethyl adjacent to an activating group) is 1. The summed E-state index contributed by atoms with van der Waals surface area (Å²) in [5.41, 5.74) is 5.67. The first-order valence-electron chi connectivity index (χ1n) is 10.6. The summed E-state index contributed by atoms with van der Waals surface area (Å²) >= 11 is 0. The number of rotatable bonds is 5. The summed E-state index contributed by atoms with van der Waals surface area (Å²) in [7, 11) is 2.15. The third kappa shape index (κ3) is 4.19. The second kappa shape index (κ2) is 8.48. The van der Waals surface area contributed by atoms with Crippen LogP contribution in [0.15, 0.2) is 42.5 Å². The number of urea groups is 1. The normalized spacial score (nSPS) is 20.4. The minimum Gasteiger partial charge on any atom is -0.481 e. The summed E-state index contributed by atoms with van der Waals surface area (Å²) in [4.78, 5) is 28.0. The topological polar surface area (TPSA) is 72.9 Å². The number of anilines is 1. The molecule has 2 aliphatic rings. The quantitative estimate of drug-likeness (QED) is 0.798. The first-order valence-corrected chi connectivity index (χ1v) is 10.6. The highest BCUT2D eigenvalue weighted by atomic mass is 16.4. The molecule has 2 aromatic rings. The van der Waals surface area contributed by atoms with Crippen LogP contribution in [0.5, 0.6) is 0 Å². The van der Waals surface area contributed by atoms with Crippen LogP contribution in [0.1, 0.15) is 35.2 Å². The van der Waals surface area contributed by atoms with E-state index in [9.17, 15) is 9.59 Å². The first kappa shape index (κ1) is 20.4. The maximum atomic E-state index is 12.7. The van der Waals surface area contributed by atoms with Crippen molar-refractivity contribution >= 4 is 17.7 Å². The number of carboxylic acids is 1. The lowest BCUT2D eigenvalue weighted by Crippen LogP contribution is -2.29. The molecule has 0 radical (unpaired) electrons. The fourth-order valence-corrected chi connectivity index (χ4v) is 4.36. The molecule has 4 rings (SSSR count). The minimum atomic E-state index is -0.787. The van der Waals surface area contributed by atoms with Gasteiger partial charge in [0.05, 0.1) is 12.0 Å². The van der Waals surface area contributed by atoms with Crippen molar-refractivity contribution in [1.82, 2.24) is 10.2 Å². The van der Waals surface area contributed by atoms with Crippen LogP contribution in [0, 0.1) is 5.92 Å². The number of fused-ring (bicyclic) bond motifs is 1. The van der Waals surface area contributed by atoms with Gasteiger partial charge in [0.1, 0.15) is 0 Å². The van der Waals surface area contributed by atoms with Gasteiger partial charge in [0.2, 0.25) is 0 Å². The van der Waals surface area contributed by atoms with Gasteiger partial charge in [0.15, 0.2) is 0 Å². The van der Waals surface area contributed by atoms with Gasteiger partial charge in [-0.2, -0.15) is 0 Å². The van der Waals surface area contributed by atoms with Crippen molar-refractivity contribution in [3.8, 4) is 0 Å². The zero-order valence-corrected chi connectivity index (χ0v) is 17.6. The Morgan fingerprint density at radius 3 is 2.53 bits per heavy atom. The molecule has 0 spiro atoms. The molecule has 30 heavy (non-hydrogen) atoms. The predicted octanol–water partition coefficient (Wildman–Crippen LogP) is 3.25. The molecule has 6 heteroatoms. The van der Waals surface area contributed by atoms with Gasteiger partial charge in [-0.25, -0.2) is 4.79 Å². The number of hydrogen-bond acceptors (Lipinski definition) is 3. The van der Waals surface area contributed by atoms with Crippen molar-refractivity contribution in [3.05, 3.63) is 64.7 Å². The van der Waals surface area contributed by atoms with Crippen molar-refractivity contribution in [1.29, 1.82) is 0 Å². The van der Waals surface area contributed by atoms with Gasteiger partial charge in [-0.05, 0) is 60.7 Å². The van der Waals surface area contributed by atoms with E-state index in [0.717, 1.165) is 42.7 Å². The Hall–Kier alpha value is -2.86. The summed E-state index contributed by atoms with van der Waals surface area (Å²) in [6, 6.07) is 14.2. The maximum absolute atomic E-state index is 12.7. The lowest BCUT2D eigenvalue weighted by atomic mass is 9.97. The van der Waals surface area contributed by atoms with Crippen LogP contribution in [0.3, 0.4) is 0 Å². The van der Waals surface area contributed by atoms with E-state index in [2.05, 4.69) is 35.5 Å². The van der Waals surface area contributed by atoms with Gasteiger partial charge in [-0.3, -0.25) is 9.69 Å². The molecule has 2 heterocycles. The van der Waals surface area contributed by atoms with E-state index in [4.69, 9.17) is 5.11 Å². The summed E-state index contributed by atoms with van der Waals surface area (Å²) in [6.45, 7) is 4.37. The number of hydrogen-bond donors (Lipinski definition) is 2. The van der Waals surface area contributed by atoms with E-state index >= 15 is 0 Å². The van der Waals surface area contributed by atoms with E-state index in [-0.39, 0.29) is 12.1 Å². The second-order valence-electron chi connectivity index (χ2n) is 8.51. The Balaban J connectivity index is 1.56. The average molecular weight is 408 g/mol. The van der Waals surface area contributed by atoms with E-state index in [1.807, 2.05) is 29.2 Å². The van der Waals surface area contributed by atoms with Gasteiger partial charge in [-0.1, -0.05) is 37.3 Å². The molecule has 2 N–H and O–H groups in total. The molecule has 0 aliphatic carbocycles. The third-order valence-electron chi connectivity index (χ3n) is 6.30. The highest BCUT2D eigenvalue weighted by Crippen LogP contribution is 2.33. The molecule has 2 atom stereocenters. The highest BCUT2D eigenvalue weighted by Gasteiger charge is 2.33. The van der Waals surface area contributed by atoms with Crippen molar-refractivity contribution in [3.63, 3.8) is 0 Å². The molecule has 158 valence electrons. The molecule has 2 aromatic carbocycles. The van der Waals surface area contributed by atoms with Crippen molar-refractivity contribution in [2.24, 2.45) is 5.92 Å². The molecule has 2 amide bonds. The van der Waals surface area contributed by atoms with Gasteiger partial charge in [-0.15, -0.1) is 0 Å². The largest absolute Gasteiger partial charge is 0.481 e. The highest BCUT2D eigenvalue weighted by molar-refractivity contribution is 5.95. The fraction of sp³-hybridized carbons (Fsp3) is 0.417. The van der Waals surface area contributed by atoms with E-state index in [0.29, 0.717) is 13.0 Å². The molecule has 6 nitrogen and oxygen atoms in total. The maximum Gasteiger partial charge on any atom is 0.322 e. The first-order chi connectivity index (χ1) is 14.4. The number of nitrogens with one attached hydrogen (secondary N) is 1. The van der Waals surface area contributed by atoms with Crippen LogP contribution in [0.2, 0.25) is 0 Å². The minimum absolute atomic E-state index is 0.0741. The molecule has 0 aromatic heterocycles. The smallest absolute Gasteiger partial charge is 0.322 e. The number of carbonyl (C=O) groups is 2. The van der Waals surface area contributed by atoms with Crippen LogP contribution in [-0.4, -0.2) is 48.7 Å². The van der Waals surface area contributed by atoms with Gasteiger partial charge in [0, 0.05) is 25.3 Å². The second-order valence-corrected chi connectivity index (χ2v) is 8.51. The van der Waals surface area contributed by atoms with Gasteiger partial charge < -0.3 is 15.3 Å². The van der Waals surface area contributed by atoms with E-state index < -0.39 is 11.9 Å². The van der Waals surface area contributed by atoms with Gasteiger partial charge >= 0.3 is 12.0 Å². The molecule has 2 unspecified atom stereocenters. The Labute approximate surface area is 177 Å². The Morgan fingerprint density at radius 2 is 1.83 bits per heavy atom. The van der Waals surface area contributed by atoms with Crippen molar-refractivity contribution < 1.29 is 14.7 Å². The molecule has 0 saturated carbocycles. The van der Waals surface area contributed by atoms with Crippen LogP contribution >= 0.6 is 0 Å². The molecule has 0 bridgehead atoms. The van der Waals surface area contributed by atoms with Crippen LogP contribution in [-0.2, 0) is 24.1 Å². The summed E-state index contributed by atoms with van der Waals surface area (Å²) in [5, 5.41) is 12.1. The van der Waals surface area contributed by atoms with E-state index in [1.54, 1.807) is 6.92 Å². The summed E-state index contributed by atoms with van der Waals surface area (Å²) < 4.78 is 0. The summed E-state index contributed by atoms with van der Waals surface area (Å²) in [5.74, 6) is -1.20. The van der Waals surface area contributed by atoms with Gasteiger partial charge in [0.25, 0.3) is 0 Å². The Kier molecular flexibility index (Phi) is 5.77. The number of carbonyl (C=O) groups excluding carboxylic acids is 1. The van der Waals surface area contributed by atoms with Crippen molar-refractivity contribution in [2.75, 3.05) is 31.6 Å². The number of aliphatic carboxylic acids is 1. The number of benzene rings is 2. The molecule has 2 aliphatic heterocycles. The predicted molar refractivity (Wildman–Crippen MR) is 117 cm³/mol. The van der Waals surface area contributed by atoms with Crippen LogP contribution in [0.25, 0.3) is 0 Å². The monoisotopic (exact) mass is 407 g/mol. The van der Waals surface area contributed by atoms with Crippen LogP contribution < -0.4 is 10.2 Å². The third-order valence-corrected chi connectivity index (χ3v) is 6.30. The number of carboxylic acid groups (broad SMARTS) is 1.